The first-order valence-corrected chi connectivity index (χ1v) is 7.61. The van der Waals surface area contributed by atoms with Crippen molar-refractivity contribution in [3.8, 4) is 0 Å². The number of benzene rings is 1. The lowest BCUT2D eigenvalue weighted by molar-refractivity contribution is -0.000444. The van der Waals surface area contributed by atoms with E-state index < -0.39 is 0 Å². The van der Waals surface area contributed by atoms with Gasteiger partial charge in [0.2, 0.25) is 0 Å². The average Bonchev–Trinajstić information content (AvgIpc) is 3.01. The molecule has 2 bridgehead atoms. The largest absolute Gasteiger partial charge is 0.464 e. The number of fused-ring (bicyclic) bond motifs is 3. The minimum atomic E-state index is -0.234. The molecule has 0 spiro atoms. The Morgan fingerprint density at radius 1 is 1.24 bits per heavy atom. The van der Waals surface area contributed by atoms with Crippen LogP contribution < -0.4 is 0 Å². The molecule has 4 rings (SSSR count). The Balaban J connectivity index is 1.48. The van der Waals surface area contributed by atoms with Crippen LogP contribution in [0.5, 0.6) is 0 Å². The zero-order chi connectivity index (χ0) is 14.4. The Hall–Kier alpha value is -1.81. The Labute approximate surface area is 123 Å². The first-order valence-electron chi connectivity index (χ1n) is 7.61. The molecule has 2 aliphatic rings. The number of rotatable bonds is 2. The third-order valence-corrected chi connectivity index (χ3v) is 5.02. The van der Waals surface area contributed by atoms with Crippen molar-refractivity contribution in [2.75, 3.05) is 7.05 Å². The third kappa shape index (κ3) is 2.23. The fraction of sp³-hybridized carbons (Fsp3) is 0.471. The molecular weight excluding hydrogens is 266 g/mol. The van der Waals surface area contributed by atoms with Crippen molar-refractivity contribution >= 4 is 16.9 Å². The van der Waals surface area contributed by atoms with Crippen LogP contribution in [0.15, 0.2) is 34.9 Å². The summed E-state index contributed by atoms with van der Waals surface area (Å²) >= 11 is 0. The van der Waals surface area contributed by atoms with Crippen molar-refractivity contribution in [2.45, 2.75) is 43.9 Å². The molecule has 0 N–H and O–H groups in total. The van der Waals surface area contributed by atoms with Gasteiger partial charge in [-0.05, 0) is 38.1 Å². The van der Waals surface area contributed by atoms with E-state index in [1.54, 1.807) is 12.3 Å². The van der Waals surface area contributed by atoms with Gasteiger partial charge in [-0.3, -0.25) is 0 Å². The maximum Gasteiger partial charge on any atom is 0.338 e. The van der Waals surface area contributed by atoms with Crippen molar-refractivity contribution in [3.63, 3.8) is 0 Å². The number of hydrogen-bond acceptors (Lipinski definition) is 4. The predicted octanol–water partition coefficient (Wildman–Crippen LogP) is 3.21. The molecule has 2 saturated heterocycles. The molecule has 4 heteroatoms. The van der Waals surface area contributed by atoms with Gasteiger partial charge in [0.15, 0.2) is 0 Å². The Morgan fingerprint density at radius 3 is 2.76 bits per heavy atom. The second-order valence-corrected chi connectivity index (χ2v) is 6.22. The van der Waals surface area contributed by atoms with Crippen molar-refractivity contribution < 1.29 is 13.9 Å². The summed E-state index contributed by atoms with van der Waals surface area (Å²) < 4.78 is 11.1. The van der Waals surface area contributed by atoms with Gasteiger partial charge in [0, 0.05) is 30.3 Å². The number of furan rings is 1. The van der Waals surface area contributed by atoms with E-state index in [0.29, 0.717) is 17.6 Å². The average molecular weight is 285 g/mol. The summed E-state index contributed by atoms with van der Waals surface area (Å²) in [5.41, 5.74) is 1.30. The number of piperidine rings is 1. The molecule has 2 aliphatic heterocycles. The number of carbonyl (C=O) groups is 1. The van der Waals surface area contributed by atoms with Crippen molar-refractivity contribution in [3.05, 3.63) is 36.1 Å². The fourth-order valence-corrected chi connectivity index (χ4v) is 3.76. The summed E-state index contributed by atoms with van der Waals surface area (Å²) in [6, 6.07) is 8.51. The van der Waals surface area contributed by atoms with Gasteiger partial charge < -0.3 is 14.1 Å². The summed E-state index contributed by atoms with van der Waals surface area (Å²) in [5.74, 6) is -0.234. The molecule has 2 fully saturated rings. The zero-order valence-corrected chi connectivity index (χ0v) is 12.1. The molecule has 1 unspecified atom stereocenters. The fourth-order valence-electron chi connectivity index (χ4n) is 3.76. The molecule has 3 heterocycles. The van der Waals surface area contributed by atoms with Crippen LogP contribution in [0.4, 0.5) is 0 Å². The first-order chi connectivity index (χ1) is 10.2. The van der Waals surface area contributed by atoms with Crippen LogP contribution in [0.1, 0.15) is 36.0 Å². The van der Waals surface area contributed by atoms with Gasteiger partial charge in [0.25, 0.3) is 0 Å². The van der Waals surface area contributed by atoms with E-state index in [9.17, 15) is 4.79 Å². The highest BCUT2D eigenvalue weighted by Crippen LogP contribution is 2.35. The minimum absolute atomic E-state index is 0.0542. The van der Waals surface area contributed by atoms with Crippen LogP contribution in [0, 0.1) is 0 Å². The molecule has 21 heavy (non-hydrogen) atoms. The lowest BCUT2D eigenvalue weighted by Crippen LogP contribution is -2.43. The number of hydrogen-bond donors (Lipinski definition) is 0. The van der Waals surface area contributed by atoms with Crippen LogP contribution in [0.2, 0.25) is 0 Å². The maximum absolute atomic E-state index is 12.3. The van der Waals surface area contributed by atoms with Crippen LogP contribution in [0.3, 0.4) is 0 Å². The zero-order valence-electron chi connectivity index (χ0n) is 12.1. The van der Waals surface area contributed by atoms with Crippen LogP contribution in [-0.4, -0.2) is 36.1 Å². The molecule has 1 aromatic carbocycles. The van der Waals surface area contributed by atoms with Gasteiger partial charge in [-0.15, -0.1) is 0 Å². The van der Waals surface area contributed by atoms with Crippen molar-refractivity contribution in [2.24, 2.45) is 0 Å². The van der Waals surface area contributed by atoms with Gasteiger partial charge in [0.05, 0.1) is 11.8 Å². The van der Waals surface area contributed by atoms with Crippen LogP contribution in [-0.2, 0) is 4.74 Å². The summed E-state index contributed by atoms with van der Waals surface area (Å²) in [6.07, 6.45) is 6.07. The van der Waals surface area contributed by atoms with E-state index in [-0.39, 0.29) is 12.1 Å². The Bertz CT molecular complexity index is 663. The SMILES string of the molecule is CN1[C@@H]2CC[C@H]1CC(OC(=O)c1ccc3ccoc3c1)C2. The summed E-state index contributed by atoms with van der Waals surface area (Å²) in [7, 11) is 2.19. The highest BCUT2D eigenvalue weighted by molar-refractivity contribution is 5.93. The monoisotopic (exact) mass is 285 g/mol. The van der Waals surface area contributed by atoms with E-state index in [2.05, 4.69) is 11.9 Å². The highest BCUT2D eigenvalue weighted by Gasteiger charge is 2.39. The van der Waals surface area contributed by atoms with Gasteiger partial charge in [0.1, 0.15) is 11.7 Å². The molecule has 0 aliphatic carbocycles. The van der Waals surface area contributed by atoms with E-state index in [1.807, 2.05) is 18.2 Å². The maximum atomic E-state index is 12.3. The lowest BCUT2D eigenvalue weighted by atomic mass is 10.0. The molecule has 0 radical (unpaired) electrons. The normalized spacial score (nSPS) is 28.9. The smallest absolute Gasteiger partial charge is 0.338 e. The predicted molar refractivity (Wildman–Crippen MR) is 79.2 cm³/mol. The standard InChI is InChI=1S/C17H19NO3/c1-18-13-4-5-14(18)10-15(9-13)21-17(19)12-3-2-11-6-7-20-16(11)8-12/h2-3,6-8,13-15H,4-5,9-10H2,1H3/t13-,14+,15?. The van der Waals surface area contributed by atoms with Crippen molar-refractivity contribution in [1.29, 1.82) is 0 Å². The lowest BCUT2D eigenvalue weighted by Gasteiger charge is -2.35. The van der Waals surface area contributed by atoms with Crippen LogP contribution >= 0.6 is 0 Å². The third-order valence-electron chi connectivity index (χ3n) is 5.02. The molecule has 3 atom stereocenters. The molecule has 2 aromatic rings. The summed E-state index contributed by atoms with van der Waals surface area (Å²) in [5, 5.41) is 1.00. The number of nitrogens with zero attached hydrogens (tertiary/aromatic N) is 1. The molecule has 4 nitrogen and oxygen atoms in total. The van der Waals surface area contributed by atoms with E-state index in [1.165, 1.54) is 12.8 Å². The minimum Gasteiger partial charge on any atom is -0.464 e. The molecule has 0 amide bonds. The molecule has 0 saturated carbocycles. The summed E-state index contributed by atoms with van der Waals surface area (Å²) in [6.45, 7) is 0. The van der Waals surface area contributed by atoms with E-state index >= 15 is 0 Å². The topological polar surface area (TPSA) is 42.7 Å². The number of esters is 1. The second-order valence-electron chi connectivity index (χ2n) is 6.22. The van der Waals surface area contributed by atoms with Crippen molar-refractivity contribution in [1.82, 2.24) is 4.90 Å². The summed E-state index contributed by atoms with van der Waals surface area (Å²) in [4.78, 5) is 14.8. The first kappa shape index (κ1) is 12.9. The van der Waals surface area contributed by atoms with Gasteiger partial charge in [-0.1, -0.05) is 6.07 Å². The van der Waals surface area contributed by atoms with Gasteiger partial charge in [-0.2, -0.15) is 0 Å². The molecule has 1 aromatic heterocycles. The Kier molecular flexibility index (Phi) is 3.00. The highest BCUT2D eigenvalue weighted by atomic mass is 16.5. The van der Waals surface area contributed by atoms with E-state index in [4.69, 9.17) is 9.15 Å². The second kappa shape index (κ2) is 4.88. The quantitative estimate of drug-likeness (QED) is 0.795. The van der Waals surface area contributed by atoms with Gasteiger partial charge in [-0.25, -0.2) is 4.79 Å². The number of ether oxygens (including phenoxy) is 1. The van der Waals surface area contributed by atoms with Crippen LogP contribution in [0.25, 0.3) is 11.0 Å². The van der Waals surface area contributed by atoms with E-state index in [0.717, 1.165) is 23.8 Å². The molecule has 110 valence electrons. The van der Waals surface area contributed by atoms with Gasteiger partial charge >= 0.3 is 5.97 Å². The number of carbonyl (C=O) groups excluding carboxylic acids is 1. The molecular formula is C17H19NO3. The Morgan fingerprint density at radius 2 is 2.00 bits per heavy atom.